The van der Waals surface area contributed by atoms with E-state index in [2.05, 4.69) is 15.3 Å². The summed E-state index contributed by atoms with van der Waals surface area (Å²) in [6.07, 6.45) is 0. The van der Waals surface area contributed by atoms with E-state index in [1.165, 1.54) is 0 Å². The highest BCUT2D eigenvalue weighted by Gasteiger charge is 2.20. The van der Waals surface area contributed by atoms with Crippen molar-refractivity contribution in [2.45, 2.75) is 27.4 Å². The SMILES string of the molecule is CCOc1ccc(-n2nnc(C(=O)OCc3nc(-c4ccccc4)oc3C)c2C)cc1. The molecular weight excluding hydrogens is 396 g/mol. The monoisotopic (exact) mass is 418 g/mol. The van der Waals surface area contributed by atoms with Crippen molar-refractivity contribution in [3.05, 3.63) is 77.4 Å². The molecule has 0 unspecified atom stereocenters. The summed E-state index contributed by atoms with van der Waals surface area (Å²) >= 11 is 0. The van der Waals surface area contributed by atoms with E-state index in [9.17, 15) is 4.79 Å². The smallest absolute Gasteiger partial charge is 0.361 e. The second-order valence-corrected chi connectivity index (χ2v) is 6.83. The van der Waals surface area contributed by atoms with Crippen LogP contribution in [0, 0.1) is 13.8 Å². The maximum Gasteiger partial charge on any atom is 0.361 e. The molecule has 0 spiro atoms. The molecule has 0 atom stereocenters. The maximum absolute atomic E-state index is 12.6. The molecule has 0 saturated heterocycles. The number of carbonyl (C=O) groups is 1. The van der Waals surface area contributed by atoms with Gasteiger partial charge in [0.1, 0.15) is 23.8 Å². The topological polar surface area (TPSA) is 92.3 Å². The Hall–Kier alpha value is -3.94. The summed E-state index contributed by atoms with van der Waals surface area (Å²) in [6.45, 7) is 6.06. The Bertz CT molecular complexity index is 1180. The molecule has 2 aromatic heterocycles. The van der Waals surface area contributed by atoms with Crippen molar-refractivity contribution in [2.24, 2.45) is 0 Å². The van der Waals surface area contributed by atoms with Gasteiger partial charge in [0.15, 0.2) is 5.69 Å². The molecule has 0 aliphatic heterocycles. The first kappa shape index (κ1) is 20.3. The summed E-state index contributed by atoms with van der Waals surface area (Å²) < 4.78 is 18.2. The first-order valence-electron chi connectivity index (χ1n) is 9.91. The second kappa shape index (κ2) is 8.83. The van der Waals surface area contributed by atoms with E-state index in [1.807, 2.05) is 61.5 Å². The number of benzene rings is 2. The van der Waals surface area contributed by atoms with E-state index in [0.717, 1.165) is 17.0 Å². The van der Waals surface area contributed by atoms with Crippen LogP contribution < -0.4 is 4.74 Å². The van der Waals surface area contributed by atoms with Crippen LogP contribution in [0.15, 0.2) is 59.0 Å². The quantitative estimate of drug-likeness (QED) is 0.413. The number of aromatic nitrogens is 4. The zero-order chi connectivity index (χ0) is 21.8. The Balaban J connectivity index is 1.46. The van der Waals surface area contributed by atoms with Crippen LogP contribution in [0.3, 0.4) is 0 Å². The van der Waals surface area contributed by atoms with Crippen LogP contribution in [0.25, 0.3) is 17.1 Å². The Labute approximate surface area is 179 Å². The van der Waals surface area contributed by atoms with Crippen molar-refractivity contribution in [2.75, 3.05) is 6.61 Å². The van der Waals surface area contributed by atoms with E-state index in [4.69, 9.17) is 13.9 Å². The number of nitrogens with zero attached hydrogens (tertiary/aromatic N) is 4. The minimum Gasteiger partial charge on any atom is -0.494 e. The molecule has 4 aromatic rings. The summed E-state index contributed by atoms with van der Waals surface area (Å²) in [5.41, 5.74) is 2.92. The molecule has 0 radical (unpaired) electrons. The molecular formula is C23H22N4O4. The van der Waals surface area contributed by atoms with E-state index >= 15 is 0 Å². The van der Waals surface area contributed by atoms with Crippen LogP contribution in [0.5, 0.6) is 5.75 Å². The number of ether oxygens (including phenoxy) is 2. The Morgan fingerprint density at radius 2 is 1.81 bits per heavy atom. The molecule has 4 rings (SSSR count). The van der Waals surface area contributed by atoms with Gasteiger partial charge in [-0.25, -0.2) is 14.5 Å². The molecule has 8 heteroatoms. The zero-order valence-electron chi connectivity index (χ0n) is 17.5. The number of esters is 1. The molecule has 0 N–H and O–H groups in total. The van der Waals surface area contributed by atoms with Crippen molar-refractivity contribution in [3.8, 4) is 22.9 Å². The number of carbonyl (C=O) groups excluding carboxylic acids is 1. The molecule has 0 aliphatic carbocycles. The summed E-state index contributed by atoms with van der Waals surface area (Å²) in [6, 6.07) is 16.9. The third kappa shape index (κ3) is 4.32. The van der Waals surface area contributed by atoms with Crippen molar-refractivity contribution >= 4 is 5.97 Å². The molecule has 158 valence electrons. The van der Waals surface area contributed by atoms with Crippen LogP contribution in [-0.4, -0.2) is 32.6 Å². The maximum atomic E-state index is 12.6. The van der Waals surface area contributed by atoms with Gasteiger partial charge in [0.2, 0.25) is 5.89 Å². The van der Waals surface area contributed by atoms with E-state index in [0.29, 0.717) is 29.6 Å². The number of oxazole rings is 1. The lowest BCUT2D eigenvalue weighted by Gasteiger charge is -2.06. The highest BCUT2D eigenvalue weighted by Crippen LogP contribution is 2.22. The minimum atomic E-state index is -0.571. The first-order valence-corrected chi connectivity index (χ1v) is 9.91. The van der Waals surface area contributed by atoms with Crippen LogP contribution in [-0.2, 0) is 11.3 Å². The molecule has 0 bridgehead atoms. The number of hydrogen-bond acceptors (Lipinski definition) is 7. The molecule has 8 nitrogen and oxygen atoms in total. The number of aryl methyl sites for hydroxylation is 1. The van der Waals surface area contributed by atoms with Gasteiger partial charge in [-0.2, -0.15) is 0 Å². The van der Waals surface area contributed by atoms with Gasteiger partial charge >= 0.3 is 5.97 Å². The highest BCUT2D eigenvalue weighted by molar-refractivity contribution is 5.88. The van der Waals surface area contributed by atoms with E-state index < -0.39 is 5.97 Å². The van der Waals surface area contributed by atoms with Crippen molar-refractivity contribution in [3.63, 3.8) is 0 Å². The van der Waals surface area contributed by atoms with E-state index in [-0.39, 0.29) is 12.3 Å². The molecule has 2 heterocycles. The summed E-state index contributed by atoms with van der Waals surface area (Å²) in [7, 11) is 0. The third-order valence-corrected chi connectivity index (χ3v) is 4.73. The molecule has 31 heavy (non-hydrogen) atoms. The Kier molecular flexibility index (Phi) is 5.79. The highest BCUT2D eigenvalue weighted by atomic mass is 16.5. The van der Waals surface area contributed by atoms with Gasteiger partial charge in [-0.3, -0.25) is 0 Å². The third-order valence-electron chi connectivity index (χ3n) is 4.73. The molecule has 0 saturated carbocycles. The predicted octanol–water partition coefficient (Wildman–Crippen LogP) is 4.29. The molecule has 0 amide bonds. The summed E-state index contributed by atoms with van der Waals surface area (Å²) in [5.74, 6) is 1.28. The normalized spacial score (nSPS) is 10.8. The fraction of sp³-hybridized carbons (Fsp3) is 0.217. The fourth-order valence-corrected chi connectivity index (χ4v) is 3.08. The lowest BCUT2D eigenvalue weighted by atomic mass is 10.2. The molecule has 2 aromatic carbocycles. The van der Waals surface area contributed by atoms with Crippen LogP contribution in [0.1, 0.15) is 34.6 Å². The average molecular weight is 418 g/mol. The average Bonchev–Trinajstić information content (AvgIpc) is 3.36. The summed E-state index contributed by atoms with van der Waals surface area (Å²) in [5, 5.41) is 8.09. The lowest BCUT2D eigenvalue weighted by molar-refractivity contribution is 0.0459. The van der Waals surface area contributed by atoms with Gasteiger partial charge < -0.3 is 13.9 Å². The second-order valence-electron chi connectivity index (χ2n) is 6.83. The predicted molar refractivity (Wildman–Crippen MR) is 113 cm³/mol. The molecule has 0 aliphatic rings. The Morgan fingerprint density at radius 3 is 2.52 bits per heavy atom. The molecule has 0 fully saturated rings. The van der Waals surface area contributed by atoms with Crippen LogP contribution in [0.2, 0.25) is 0 Å². The van der Waals surface area contributed by atoms with Gasteiger partial charge in [-0.15, -0.1) is 5.10 Å². The number of rotatable bonds is 7. The number of hydrogen-bond donors (Lipinski definition) is 0. The largest absolute Gasteiger partial charge is 0.494 e. The van der Waals surface area contributed by atoms with Crippen LogP contribution in [0.4, 0.5) is 0 Å². The Morgan fingerprint density at radius 1 is 1.06 bits per heavy atom. The van der Waals surface area contributed by atoms with Gasteiger partial charge in [-0.05, 0) is 57.2 Å². The fourth-order valence-electron chi connectivity index (χ4n) is 3.08. The lowest BCUT2D eigenvalue weighted by Crippen LogP contribution is -2.09. The van der Waals surface area contributed by atoms with Crippen molar-refractivity contribution in [1.29, 1.82) is 0 Å². The van der Waals surface area contributed by atoms with E-state index in [1.54, 1.807) is 18.5 Å². The first-order chi connectivity index (χ1) is 15.1. The van der Waals surface area contributed by atoms with Gasteiger partial charge in [0.05, 0.1) is 18.0 Å². The van der Waals surface area contributed by atoms with Gasteiger partial charge in [0.25, 0.3) is 0 Å². The van der Waals surface area contributed by atoms with Crippen molar-refractivity contribution < 1.29 is 18.7 Å². The van der Waals surface area contributed by atoms with Crippen LogP contribution >= 0.6 is 0 Å². The van der Waals surface area contributed by atoms with Gasteiger partial charge in [0, 0.05) is 5.56 Å². The van der Waals surface area contributed by atoms with Gasteiger partial charge in [-0.1, -0.05) is 23.4 Å². The standard InChI is InChI=1S/C23H22N4O4/c1-4-29-19-12-10-18(11-13-19)27-15(2)21(25-26-27)23(28)30-14-20-16(3)31-22(24-20)17-8-6-5-7-9-17/h5-13H,4,14H2,1-3H3. The zero-order valence-corrected chi connectivity index (χ0v) is 17.5. The minimum absolute atomic E-state index is 0.0175. The van der Waals surface area contributed by atoms with Crippen molar-refractivity contribution in [1.82, 2.24) is 20.0 Å². The summed E-state index contributed by atoms with van der Waals surface area (Å²) in [4.78, 5) is 17.0.